The van der Waals surface area contributed by atoms with Crippen molar-refractivity contribution >= 4 is 23.2 Å². The molecule has 5 rings (SSSR count). The van der Waals surface area contributed by atoms with Gasteiger partial charge >= 0.3 is 0 Å². The van der Waals surface area contributed by atoms with Crippen LogP contribution in [-0.2, 0) is 4.74 Å². The van der Waals surface area contributed by atoms with E-state index in [0.717, 1.165) is 0 Å². The van der Waals surface area contributed by atoms with Gasteiger partial charge < -0.3 is 4.74 Å². The second-order valence-corrected chi connectivity index (χ2v) is 8.88. The molecule has 0 radical (unpaired) electrons. The highest BCUT2D eigenvalue weighted by atomic mass is 35.5. The first-order valence-corrected chi connectivity index (χ1v) is 9.04. The number of hydrogen-bond donors (Lipinski definition) is 0. The summed E-state index contributed by atoms with van der Waals surface area (Å²) in [6.45, 7) is 3.64. The van der Waals surface area contributed by atoms with Crippen LogP contribution in [0.15, 0.2) is 12.2 Å². The van der Waals surface area contributed by atoms with Gasteiger partial charge in [-0.05, 0) is 25.7 Å². The number of hydrogen-bond acceptors (Lipinski definition) is 1. The maximum absolute atomic E-state index is 14.7. The zero-order chi connectivity index (χ0) is 18.0. The Bertz CT molecular complexity index is 795. The third-order valence-electron chi connectivity index (χ3n) is 6.64. The number of epoxide rings is 1. The van der Waals surface area contributed by atoms with Gasteiger partial charge in [-0.25, -0.2) is 17.6 Å². The Morgan fingerprint density at radius 1 is 0.800 bits per heavy atom. The second kappa shape index (κ2) is 4.55. The first-order valence-electron chi connectivity index (χ1n) is 8.17. The van der Waals surface area contributed by atoms with Gasteiger partial charge in [-0.2, -0.15) is 0 Å². The zero-order valence-corrected chi connectivity index (χ0v) is 14.8. The summed E-state index contributed by atoms with van der Waals surface area (Å²) in [5.41, 5.74) is -1.87. The molecule has 2 fully saturated rings. The van der Waals surface area contributed by atoms with Gasteiger partial charge in [-0.15, -0.1) is 23.2 Å². The smallest absolute Gasteiger partial charge is 0.197 e. The molecule has 3 aliphatic carbocycles. The van der Waals surface area contributed by atoms with E-state index in [2.05, 4.69) is 0 Å². The number of alkyl halides is 2. The number of ether oxygens (including phenoxy) is 1. The maximum Gasteiger partial charge on any atom is 0.197 e. The fourth-order valence-electron chi connectivity index (χ4n) is 5.83. The first kappa shape index (κ1) is 16.4. The van der Waals surface area contributed by atoms with E-state index in [1.807, 2.05) is 13.8 Å². The molecule has 1 saturated carbocycles. The average molecular weight is 393 g/mol. The molecule has 2 bridgehead atoms. The minimum absolute atomic E-state index is 0.127. The lowest BCUT2D eigenvalue weighted by Crippen LogP contribution is -2.37. The Balaban J connectivity index is 1.84. The average Bonchev–Trinajstić information content (AvgIpc) is 2.86. The lowest BCUT2D eigenvalue weighted by molar-refractivity contribution is 0.251. The van der Waals surface area contributed by atoms with E-state index in [1.54, 1.807) is 12.2 Å². The van der Waals surface area contributed by atoms with Crippen LogP contribution in [0.1, 0.15) is 36.8 Å². The highest BCUT2D eigenvalue weighted by Crippen LogP contribution is 2.79. The van der Waals surface area contributed by atoms with E-state index in [0.29, 0.717) is 0 Å². The van der Waals surface area contributed by atoms with Gasteiger partial charge in [0.25, 0.3) is 0 Å². The van der Waals surface area contributed by atoms with Gasteiger partial charge in [0.05, 0.1) is 16.4 Å². The van der Waals surface area contributed by atoms with E-state index >= 15 is 0 Å². The highest BCUT2D eigenvalue weighted by molar-refractivity contribution is 6.24. The molecular weight excluding hydrogens is 379 g/mol. The lowest BCUT2D eigenvalue weighted by Gasteiger charge is -2.38. The quantitative estimate of drug-likeness (QED) is 0.151. The molecular formula is C18H14Cl2F4O. The molecule has 134 valence electrons. The van der Waals surface area contributed by atoms with Crippen molar-refractivity contribution in [2.75, 3.05) is 0 Å². The summed E-state index contributed by atoms with van der Waals surface area (Å²) in [5, 5.41) is -0.925. The van der Waals surface area contributed by atoms with Crippen molar-refractivity contribution in [2.45, 2.75) is 47.6 Å². The van der Waals surface area contributed by atoms with Gasteiger partial charge in [-0.1, -0.05) is 12.2 Å². The summed E-state index contributed by atoms with van der Waals surface area (Å²) in [6, 6.07) is 0. The van der Waals surface area contributed by atoms with E-state index in [-0.39, 0.29) is 23.0 Å². The molecule has 25 heavy (non-hydrogen) atoms. The van der Waals surface area contributed by atoms with Crippen molar-refractivity contribution in [3.05, 3.63) is 46.5 Å². The van der Waals surface area contributed by atoms with E-state index in [1.165, 1.54) is 0 Å². The van der Waals surface area contributed by atoms with Crippen LogP contribution >= 0.6 is 23.2 Å². The highest BCUT2D eigenvalue weighted by Gasteiger charge is 2.83. The van der Waals surface area contributed by atoms with Crippen LogP contribution in [-0.4, -0.2) is 22.0 Å². The van der Waals surface area contributed by atoms with Crippen LogP contribution in [0.4, 0.5) is 17.6 Å². The molecule has 1 spiro atoms. The van der Waals surface area contributed by atoms with Gasteiger partial charge in [0, 0.05) is 23.0 Å². The van der Waals surface area contributed by atoms with Crippen LogP contribution < -0.4 is 0 Å². The first-order chi connectivity index (χ1) is 11.6. The van der Waals surface area contributed by atoms with Crippen LogP contribution in [0.2, 0.25) is 0 Å². The Labute approximate surface area is 151 Å². The summed E-state index contributed by atoms with van der Waals surface area (Å²) in [4.78, 5) is 0. The van der Waals surface area contributed by atoms with Crippen molar-refractivity contribution in [3.63, 3.8) is 0 Å². The Kier molecular flexibility index (Phi) is 2.98. The predicted octanol–water partition coefficient (Wildman–Crippen LogP) is 5.00. The van der Waals surface area contributed by atoms with Crippen molar-refractivity contribution in [3.8, 4) is 0 Å². The largest absolute Gasteiger partial charge is 0.362 e. The van der Waals surface area contributed by atoms with E-state index in [9.17, 15) is 17.6 Å². The predicted molar refractivity (Wildman–Crippen MR) is 85.1 cm³/mol. The molecule has 1 heterocycles. The minimum Gasteiger partial charge on any atom is -0.362 e. The van der Waals surface area contributed by atoms with Crippen molar-refractivity contribution in [2.24, 2.45) is 11.8 Å². The maximum atomic E-state index is 14.7. The molecule has 1 aliphatic heterocycles. The number of benzene rings is 1. The molecule has 1 unspecified atom stereocenters. The third-order valence-corrected chi connectivity index (χ3v) is 7.51. The Morgan fingerprint density at radius 2 is 1.16 bits per heavy atom. The summed E-state index contributed by atoms with van der Waals surface area (Å²) in [6.07, 6.45) is 3.47. The summed E-state index contributed by atoms with van der Waals surface area (Å²) in [5.74, 6) is -8.22. The van der Waals surface area contributed by atoms with Crippen LogP contribution in [0.5, 0.6) is 0 Å². The number of halogens is 6. The summed E-state index contributed by atoms with van der Waals surface area (Å²) < 4.78 is 63.2. The number of allylic oxidation sites excluding steroid dienone is 2. The lowest BCUT2D eigenvalue weighted by atomic mass is 9.70. The van der Waals surface area contributed by atoms with E-state index in [4.69, 9.17) is 27.9 Å². The second-order valence-electron chi connectivity index (χ2n) is 7.87. The van der Waals surface area contributed by atoms with Crippen LogP contribution in [0.3, 0.4) is 0 Å². The normalized spacial score (nSPS) is 45.0. The molecule has 0 N–H and O–H groups in total. The fourth-order valence-corrected chi connectivity index (χ4v) is 6.63. The molecule has 1 aromatic carbocycles. The van der Waals surface area contributed by atoms with Crippen molar-refractivity contribution < 1.29 is 22.3 Å². The van der Waals surface area contributed by atoms with Gasteiger partial charge in [0.2, 0.25) is 0 Å². The number of rotatable bonds is 0. The molecule has 7 heteroatoms. The van der Waals surface area contributed by atoms with Crippen molar-refractivity contribution in [1.29, 1.82) is 0 Å². The minimum atomic E-state index is -1.78. The molecule has 1 saturated heterocycles. The molecule has 0 aromatic heterocycles. The number of fused-ring (bicyclic) bond motifs is 6. The molecule has 1 aromatic rings. The third kappa shape index (κ3) is 1.58. The zero-order valence-electron chi connectivity index (χ0n) is 13.3. The SMILES string of the molecule is CC1(C)OC12[C@@H]1c3c(F)c(F)c(F)c(F)c3[C@H]2[C@@H]2[C@@H]1[C@@H](Cl)C=C[C@H]2Cl. The summed E-state index contributed by atoms with van der Waals surface area (Å²) in [7, 11) is 0. The Hall–Kier alpha value is -0.780. The standard InChI is InChI=1S/C18H14Cl2F4O/c1-17(2)18(25-17)11-7-5(19)3-4-6(20)8(7)12(18)10-9(11)13(21)15(23)16(24)14(10)22/h3-8,11-12H,1-2H3/t5-,6+,7-,8-,11-,12+,18?/m0/s1. The monoisotopic (exact) mass is 392 g/mol. The van der Waals surface area contributed by atoms with E-state index < -0.39 is 57.1 Å². The van der Waals surface area contributed by atoms with Crippen LogP contribution in [0.25, 0.3) is 0 Å². The fraction of sp³-hybridized carbons (Fsp3) is 0.556. The van der Waals surface area contributed by atoms with Gasteiger partial charge in [0.15, 0.2) is 23.3 Å². The Morgan fingerprint density at radius 3 is 1.48 bits per heavy atom. The van der Waals surface area contributed by atoms with Crippen LogP contribution in [0, 0.1) is 35.1 Å². The molecule has 7 atom stereocenters. The molecule has 0 amide bonds. The van der Waals surface area contributed by atoms with Gasteiger partial charge in [-0.3, -0.25) is 0 Å². The van der Waals surface area contributed by atoms with Crippen molar-refractivity contribution in [1.82, 2.24) is 0 Å². The van der Waals surface area contributed by atoms with Gasteiger partial charge in [0.1, 0.15) is 5.60 Å². The topological polar surface area (TPSA) is 12.5 Å². The molecule has 4 aliphatic rings. The molecule has 1 nitrogen and oxygen atoms in total. The summed E-state index contributed by atoms with van der Waals surface area (Å²) >= 11 is 12.9.